The van der Waals surface area contributed by atoms with Crippen LogP contribution in [0.25, 0.3) is 0 Å². The lowest BCUT2D eigenvalue weighted by Crippen LogP contribution is -2.34. The van der Waals surface area contributed by atoms with Gasteiger partial charge >= 0.3 is 5.97 Å². The number of benzene rings is 1. The van der Waals surface area contributed by atoms with Gasteiger partial charge in [0.1, 0.15) is 12.6 Å². The second-order valence-electron chi connectivity index (χ2n) is 4.31. The topological polar surface area (TPSA) is 81.9 Å². The van der Waals surface area contributed by atoms with Crippen molar-refractivity contribution in [1.82, 2.24) is 5.06 Å². The molecule has 0 spiro atoms. The first-order chi connectivity index (χ1) is 9.54. The number of nitrogens with zero attached hydrogens (tertiary/aromatic N) is 1. The highest BCUT2D eigenvalue weighted by Crippen LogP contribution is 2.04. The lowest BCUT2D eigenvalue weighted by molar-refractivity contribution is -0.169. The average Bonchev–Trinajstić information content (AvgIpc) is 2.49. The standard InChI is InChI=1S/C14H20N2O4/c1-16(19-2)13(17)9-8-12(15)14(18)20-10-11-6-4-3-5-7-11/h3-7,12H,8-10,15H2,1-2H3. The molecule has 20 heavy (non-hydrogen) atoms. The number of rotatable bonds is 7. The van der Waals surface area contributed by atoms with Crippen molar-refractivity contribution in [2.75, 3.05) is 14.2 Å². The molecule has 6 heteroatoms. The summed E-state index contributed by atoms with van der Waals surface area (Å²) in [6.07, 6.45) is 0.353. The van der Waals surface area contributed by atoms with E-state index in [0.717, 1.165) is 10.6 Å². The molecule has 0 bridgehead atoms. The summed E-state index contributed by atoms with van der Waals surface area (Å²) in [5.74, 6) is -0.750. The van der Waals surface area contributed by atoms with Gasteiger partial charge in [-0.15, -0.1) is 0 Å². The van der Waals surface area contributed by atoms with Crippen molar-refractivity contribution < 1.29 is 19.2 Å². The molecule has 0 aliphatic rings. The summed E-state index contributed by atoms with van der Waals surface area (Å²) in [6.45, 7) is 0.180. The van der Waals surface area contributed by atoms with Gasteiger partial charge in [-0.1, -0.05) is 30.3 Å². The largest absolute Gasteiger partial charge is 0.460 e. The molecule has 0 aliphatic carbocycles. The molecule has 0 saturated heterocycles. The third-order valence-electron chi connectivity index (χ3n) is 2.82. The summed E-state index contributed by atoms with van der Waals surface area (Å²) >= 11 is 0. The molecule has 1 rings (SSSR count). The number of nitrogens with two attached hydrogens (primary N) is 1. The van der Waals surface area contributed by atoms with E-state index in [4.69, 9.17) is 15.3 Å². The summed E-state index contributed by atoms with van der Waals surface area (Å²) in [6, 6.07) is 8.51. The third-order valence-corrected chi connectivity index (χ3v) is 2.82. The van der Waals surface area contributed by atoms with Crippen LogP contribution in [0.1, 0.15) is 18.4 Å². The Balaban J connectivity index is 2.31. The van der Waals surface area contributed by atoms with Crippen molar-refractivity contribution in [3.8, 4) is 0 Å². The maximum atomic E-state index is 11.7. The number of amides is 1. The van der Waals surface area contributed by atoms with Crippen LogP contribution in [0.5, 0.6) is 0 Å². The van der Waals surface area contributed by atoms with Crippen molar-refractivity contribution in [2.45, 2.75) is 25.5 Å². The first-order valence-corrected chi connectivity index (χ1v) is 6.31. The zero-order valence-corrected chi connectivity index (χ0v) is 11.7. The minimum Gasteiger partial charge on any atom is -0.460 e. The Kier molecular flexibility index (Phi) is 6.69. The van der Waals surface area contributed by atoms with Gasteiger partial charge in [0.15, 0.2) is 0 Å². The Hall–Kier alpha value is -1.92. The first-order valence-electron chi connectivity index (χ1n) is 6.31. The van der Waals surface area contributed by atoms with Crippen LogP contribution < -0.4 is 5.73 Å². The summed E-state index contributed by atoms with van der Waals surface area (Å²) in [7, 11) is 2.90. The molecule has 110 valence electrons. The summed E-state index contributed by atoms with van der Waals surface area (Å²) < 4.78 is 5.09. The fourth-order valence-electron chi connectivity index (χ4n) is 1.49. The van der Waals surface area contributed by atoms with E-state index in [1.54, 1.807) is 0 Å². The molecule has 1 amide bonds. The monoisotopic (exact) mass is 280 g/mol. The Bertz CT molecular complexity index is 436. The number of hydrogen-bond acceptors (Lipinski definition) is 5. The van der Waals surface area contributed by atoms with Gasteiger partial charge in [-0.3, -0.25) is 14.4 Å². The predicted octanol–water partition coefficient (Wildman–Crippen LogP) is 0.857. The number of carbonyl (C=O) groups excluding carboxylic acids is 2. The summed E-state index contributed by atoms with van der Waals surface area (Å²) in [5.41, 5.74) is 6.58. The SMILES string of the molecule is CON(C)C(=O)CCC(N)C(=O)OCc1ccccc1. The number of hydrogen-bond donors (Lipinski definition) is 1. The average molecular weight is 280 g/mol. The molecule has 0 saturated carbocycles. The fourth-order valence-corrected chi connectivity index (χ4v) is 1.49. The Morgan fingerprint density at radius 3 is 2.55 bits per heavy atom. The lowest BCUT2D eigenvalue weighted by atomic mass is 10.1. The van der Waals surface area contributed by atoms with E-state index in [-0.39, 0.29) is 25.4 Å². The molecule has 1 aromatic rings. The number of carbonyl (C=O) groups is 2. The van der Waals surface area contributed by atoms with Crippen LogP contribution in [0, 0.1) is 0 Å². The van der Waals surface area contributed by atoms with Gasteiger partial charge < -0.3 is 10.5 Å². The summed E-state index contributed by atoms with van der Waals surface area (Å²) in [5, 5.41) is 1.10. The molecule has 6 nitrogen and oxygen atoms in total. The van der Waals surface area contributed by atoms with E-state index in [0.29, 0.717) is 0 Å². The molecule has 0 fully saturated rings. The second kappa shape index (κ2) is 8.29. The first kappa shape index (κ1) is 16.1. The molecule has 0 heterocycles. The van der Waals surface area contributed by atoms with Crippen molar-refractivity contribution in [3.05, 3.63) is 35.9 Å². The van der Waals surface area contributed by atoms with Crippen LogP contribution >= 0.6 is 0 Å². The minimum atomic E-state index is -0.812. The highest BCUT2D eigenvalue weighted by Gasteiger charge is 2.18. The number of hydroxylamine groups is 2. The van der Waals surface area contributed by atoms with Crippen LogP contribution in [-0.4, -0.2) is 37.1 Å². The zero-order valence-electron chi connectivity index (χ0n) is 11.7. The van der Waals surface area contributed by atoms with Crippen molar-refractivity contribution in [2.24, 2.45) is 5.73 Å². The van der Waals surface area contributed by atoms with Crippen LogP contribution in [0.4, 0.5) is 0 Å². The van der Waals surface area contributed by atoms with Gasteiger partial charge in [-0.05, 0) is 12.0 Å². The van der Waals surface area contributed by atoms with Gasteiger partial charge in [0, 0.05) is 13.5 Å². The summed E-state index contributed by atoms with van der Waals surface area (Å²) in [4.78, 5) is 27.9. The van der Waals surface area contributed by atoms with Gasteiger partial charge in [-0.25, -0.2) is 5.06 Å². The molecule has 2 N–H and O–H groups in total. The smallest absolute Gasteiger partial charge is 0.323 e. The van der Waals surface area contributed by atoms with E-state index >= 15 is 0 Å². The van der Waals surface area contributed by atoms with E-state index < -0.39 is 12.0 Å². The Morgan fingerprint density at radius 1 is 1.30 bits per heavy atom. The fraction of sp³-hybridized carbons (Fsp3) is 0.429. The molecule has 1 unspecified atom stereocenters. The zero-order chi connectivity index (χ0) is 15.0. The highest BCUT2D eigenvalue weighted by atomic mass is 16.7. The van der Waals surface area contributed by atoms with Crippen molar-refractivity contribution in [3.63, 3.8) is 0 Å². The number of ether oxygens (including phenoxy) is 1. The Morgan fingerprint density at radius 2 is 1.95 bits per heavy atom. The second-order valence-corrected chi connectivity index (χ2v) is 4.31. The molecular weight excluding hydrogens is 260 g/mol. The van der Waals surface area contributed by atoms with Gasteiger partial charge in [0.25, 0.3) is 0 Å². The molecule has 0 aromatic heterocycles. The van der Waals surface area contributed by atoms with E-state index in [9.17, 15) is 9.59 Å². The normalized spacial score (nSPS) is 11.8. The van der Waals surface area contributed by atoms with Gasteiger partial charge in [0.2, 0.25) is 5.91 Å². The molecule has 0 aliphatic heterocycles. The molecule has 1 atom stereocenters. The van der Waals surface area contributed by atoms with Crippen LogP contribution in [-0.2, 0) is 25.8 Å². The van der Waals surface area contributed by atoms with Crippen molar-refractivity contribution in [1.29, 1.82) is 0 Å². The maximum Gasteiger partial charge on any atom is 0.323 e. The number of esters is 1. The van der Waals surface area contributed by atoms with Crippen LogP contribution in [0.15, 0.2) is 30.3 Å². The molecular formula is C14H20N2O4. The molecule has 0 radical (unpaired) electrons. The van der Waals surface area contributed by atoms with Crippen molar-refractivity contribution >= 4 is 11.9 Å². The van der Waals surface area contributed by atoms with Gasteiger partial charge in [-0.2, -0.15) is 0 Å². The van der Waals surface area contributed by atoms with E-state index in [1.165, 1.54) is 14.2 Å². The Labute approximate surface area is 118 Å². The quantitative estimate of drug-likeness (QED) is 0.591. The van der Waals surface area contributed by atoms with E-state index in [2.05, 4.69) is 0 Å². The molecule has 1 aromatic carbocycles. The highest BCUT2D eigenvalue weighted by molar-refractivity contribution is 5.78. The van der Waals surface area contributed by atoms with Crippen LogP contribution in [0.3, 0.4) is 0 Å². The maximum absolute atomic E-state index is 11.7. The predicted molar refractivity (Wildman–Crippen MR) is 73.2 cm³/mol. The van der Waals surface area contributed by atoms with Crippen LogP contribution in [0.2, 0.25) is 0 Å². The minimum absolute atomic E-state index is 0.131. The third kappa shape index (κ3) is 5.38. The van der Waals surface area contributed by atoms with Gasteiger partial charge in [0.05, 0.1) is 7.11 Å². The van der Waals surface area contributed by atoms with E-state index in [1.807, 2.05) is 30.3 Å². The lowest BCUT2D eigenvalue weighted by Gasteiger charge is -2.15.